The quantitative estimate of drug-likeness (QED) is 0.645. The second-order valence-electron chi connectivity index (χ2n) is 5.10. The summed E-state index contributed by atoms with van der Waals surface area (Å²) >= 11 is 0. The Balaban J connectivity index is 2.01. The first kappa shape index (κ1) is 16.4. The van der Waals surface area contributed by atoms with E-state index in [2.05, 4.69) is 0 Å². The van der Waals surface area contributed by atoms with E-state index in [1.807, 2.05) is 11.9 Å². The van der Waals surface area contributed by atoms with E-state index in [0.29, 0.717) is 5.56 Å². The first-order valence-electron chi connectivity index (χ1n) is 6.97. The number of aryl methyl sites for hydroxylation is 1. The van der Waals surface area contributed by atoms with Gasteiger partial charge in [-0.3, -0.25) is 23.9 Å². The maximum absolute atomic E-state index is 12.2. The molecule has 0 saturated carbocycles. The molecule has 1 atom stereocenters. The lowest BCUT2D eigenvalue weighted by molar-refractivity contribution is -0.147. The summed E-state index contributed by atoms with van der Waals surface area (Å²) in [6, 6.07) is 8.03. The van der Waals surface area contributed by atoms with Crippen LogP contribution < -0.4 is 11.2 Å². The van der Waals surface area contributed by atoms with Crippen LogP contribution in [0.3, 0.4) is 0 Å². The maximum atomic E-state index is 12.2. The van der Waals surface area contributed by atoms with Crippen molar-refractivity contribution in [2.24, 2.45) is 0 Å². The molecule has 2 aromatic rings. The summed E-state index contributed by atoms with van der Waals surface area (Å²) in [4.78, 5) is 48.4. The summed E-state index contributed by atoms with van der Waals surface area (Å²) in [7, 11) is 0. The number of hydrogen-bond acceptors (Lipinski definition) is 5. The van der Waals surface area contributed by atoms with Crippen LogP contribution in [0, 0.1) is 6.92 Å². The summed E-state index contributed by atoms with van der Waals surface area (Å²) in [6.07, 6.45) is 0.221. The van der Waals surface area contributed by atoms with E-state index in [-0.39, 0.29) is 12.3 Å². The lowest BCUT2D eigenvalue weighted by Gasteiger charge is -2.13. The molecule has 0 saturated heterocycles. The van der Waals surface area contributed by atoms with Crippen molar-refractivity contribution in [2.75, 3.05) is 0 Å². The monoisotopic (exact) mass is 316 g/mol. The second kappa shape index (κ2) is 6.87. The van der Waals surface area contributed by atoms with Crippen molar-refractivity contribution in [1.29, 1.82) is 0 Å². The minimum absolute atomic E-state index is 0.327. The number of benzene rings is 1. The highest BCUT2D eigenvalue weighted by Crippen LogP contribution is 2.08. The number of nitrogens with zero attached hydrogens (tertiary/aromatic N) is 1. The van der Waals surface area contributed by atoms with Crippen molar-refractivity contribution in [1.82, 2.24) is 9.55 Å². The van der Waals surface area contributed by atoms with Gasteiger partial charge in [-0.25, -0.2) is 4.79 Å². The number of H-pyrrole nitrogens is 1. The highest BCUT2D eigenvalue weighted by molar-refractivity contribution is 6.00. The van der Waals surface area contributed by atoms with Crippen LogP contribution in [0.4, 0.5) is 0 Å². The number of carbonyl (C=O) groups excluding carboxylic acids is 2. The molecule has 0 aliphatic carbocycles. The normalized spacial score (nSPS) is 11.7. The smallest absolute Gasteiger partial charge is 0.328 e. The van der Waals surface area contributed by atoms with E-state index in [0.717, 1.165) is 16.2 Å². The molecule has 0 aliphatic heterocycles. The average Bonchev–Trinajstić information content (AvgIpc) is 2.50. The summed E-state index contributed by atoms with van der Waals surface area (Å²) < 4.78 is 6.04. The van der Waals surface area contributed by atoms with E-state index in [9.17, 15) is 19.2 Å². The van der Waals surface area contributed by atoms with Gasteiger partial charge < -0.3 is 4.74 Å². The molecule has 0 fully saturated rings. The SMILES string of the molecule is Cc1ccc(C(=O)[C@@H](C)OC(=O)Cn2ccc(=O)[nH]c2=O)cc1. The Hall–Kier alpha value is -2.96. The number of hydrogen-bond donors (Lipinski definition) is 1. The third-order valence-electron chi connectivity index (χ3n) is 3.21. The van der Waals surface area contributed by atoms with Crippen molar-refractivity contribution < 1.29 is 14.3 Å². The van der Waals surface area contributed by atoms with Crippen LogP contribution >= 0.6 is 0 Å². The van der Waals surface area contributed by atoms with E-state index in [1.54, 1.807) is 24.3 Å². The predicted octanol–water partition coefficient (Wildman–Crippen LogP) is 0.660. The molecule has 0 aliphatic rings. The van der Waals surface area contributed by atoms with Crippen molar-refractivity contribution in [2.45, 2.75) is 26.5 Å². The third kappa shape index (κ3) is 4.26. The zero-order valence-electron chi connectivity index (χ0n) is 12.7. The first-order chi connectivity index (χ1) is 10.9. The van der Waals surface area contributed by atoms with Gasteiger partial charge in [0.2, 0.25) is 5.78 Å². The van der Waals surface area contributed by atoms with Gasteiger partial charge in [0, 0.05) is 17.8 Å². The van der Waals surface area contributed by atoms with Crippen LogP contribution in [0.15, 0.2) is 46.1 Å². The van der Waals surface area contributed by atoms with Crippen LogP contribution in [0.25, 0.3) is 0 Å². The van der Waals surface area contributed by atoms with Crippen molar-refractivity contribution in [3.63, 3.8) is 0 Å². The molecule has 0 unspecified atom stereocenters. The fraction of sp³-hybridized carbons (Fsp3) is 0.250. The Bertz CT molecular complexity index is 833. The van der Waals surface area contributed by atoms with Crippen molar-refractivity contribution >= 4 is 11.8 Å². The molecule has 1 aromatic carbocycles. The molecule has 1 heterocycles. The van der Waals surface area contributed by atoms with Crippen molar-refractivity contribution in [3.05, 3.63) is 68.5 Å². The minimum atomic E-state index is -0.969. The topological polar surface area (TPSA) is 98.2 Å². The molecule has 7 nitrogen and oxygen atoms in total. The average molecular weight is 316 g/mol. The first-order valence-corrected chi connectivity index (χ1v) is 6.97. The van der Waals surface area contributed by atoms with E-state index >= 15 is 0 Å². The van der Waals surface area contributed by atoms with E-state index < -0.39 is 23.3 Å². The van der Waals surface area contributed by atoms with Gasteiger partial charge in [0.05, 0.1) is 0 Å². The number of carbonyl (C=O) groups is 2. The Morgan fingerprint density at radius 2 is 1.83 bits per heavy atom. The van der Waals surface area contributed by atoms with Crippen LogP contribution in [0.1, 0.15) is 22.8 Å². The van der Waals surface area contributed by atoms with Gasteiger partial charge in [0.25, 0.3) is 5.56 Å². The second-order valence-corrected chi connectivity index (χ2v) is 5.10. The molecule has 0 radical (unpaired) electrons. The molecule has 0 bridgehead atoms. The number of aromatic nitrogens is 2. The molecule has 1 N–H and O–H groups in total. The molecule has 1 aromatic heterocycles. The zero-order valence-corrected chi connectivity index (χ0v) is 12.7. The van der Waals surface area contributed by atoms with Gasteiger partial charge in [0.1, 0.15) is 6.54 Å². The molecule has 0 spiro atoms. The highest BCUT2D eigenvalue weighted by Gasteiger charge is 2.19. The number of ether oxygens (including phenoxy) is 1. The molecule has 7 heteroatoms. The molecule has 23 heavy (non-hydrogen) atoms. The van der Waals surface area contributed by atoms with Crippen LogP contribution in [-0.4, -0.2) is 27.4 Å². The predicted molar refractivity (Wildman–Crippen MR) is 82.4 cm³/mol. The van der Waals surface area contributed by atoms with E-state index in [1.165, 1.54) is 13.1 Å². The fourth-order valence-corrected chi connectivity index (χ4v) is 1.95. The van der Waals surface area contributed by atoms with Gasteiger partial charge >= 0.3 is 11.7 Å². The van der Waals surface area contributed by atoms with Gasteiger partial charge in [-0.2, -0.15) is 0 Å². The highest BCUT2D eigenvalue weighted by atomic mass is 16.5. The van der Waals surface area contributed by atoms with Gasteiger partial charge in [0.15, 0.2) is 6.10 Å². The molecule has 0 amide bonds. The lowest BCUT2D eigenvalue weighted by atomic mass is 10.1. The van der Waals surface area contributed by atoms with Crippen LogP contribution in [0.5, 0.6) is 0 Å². The lowest BCUT2D eigenvalue weighted by Crippen LogP contribution is -2.33. The summed E-state index contributed by atoms with van der Waals surface area (Å²) in [5, 5.41) is 0. The fourth-order valence-electron chi connectivity index (χ4n) is 1.95. The largest absolute Gasteiger partial charge is 0.453 e. The van der Waals surface area contributed by atoms with Gasteiger partial charge in [-0.15, -0.1) is 0 Å². The zero-order chi connectivity index (χ0) is 17.0. The summed E-state index contributed by atoms with van der Waals surface area (Å²) in [6.45, 7) is 2.98. The minimum Gasteiger partial charge on any atom is -0.453 e. The van der Waals surface area contributed by atoms with E-state index in [4.69, 9.17) is 4.74 Å². The van der Waals surface area contributed by atoms with Gasteiger partial charge in [-0.1, -0.05) is 29.8 Å². The number of Topliss-reactive ketones (excluding diaryl/α,β-unsaturated/α-hetero) is 1. The van der Waals surface area contributed by atoms with Crippen molar-refractivity contribution in [3.8, 4) is 0 Å². The van der Waals surface area contributed by atoms with Gasteiger partial charge in [-0.05, 0) is 13.8 Å². The number of esters is 1. The summed E-state index contributed by atoms with van der Waals surface area (Å²) in [5.74, 6) is -1.07. The molecular weight excluding hydrogens is 300 g/mol. The standard InChI is InChI=1S/C16H16N2O5/c1-10-3-5-12(6-4-10)15(21)11(2)23-14(20)9-18-8-7-13(19)17-16(18)22/h3-8,11H,9H2,1-2H3,(H,17,19,22)/t11-/m1/s1. The Labute approximate surface area is 131 Å². The van der Waals surface area contributed by atoms with Crippen LogP contribution in [0.2, 0.25) is 0 Å². The Kier molecular flexibility index (Phi) is 4.90. The number of nitrogens with one attached hydrogen (secondary N) is 1. The molecular formula is C16H16N2O5. The Morgan fingerprint density at radius 3 is 2.43 bits per heavy atom. The number of ketones is 1. The third-order valence-corrected chi connectivity index (χ3v) is 3.21. The Morgan fingerprint density at radius 1 is 1.17 bits per heavy atom. The maximum Gasteiger partial charge on any atom is 0.328 e. The molecule has 120 valence electrons. The number of aromatic amines is 1. The van der Waals surface area contributed by atoms with Crippen LogP contribution in [-0.2, 0) is 16.1 Å². The number of rotatable bonds is 5. The molecule has 2 rings (SSSR count). The summed E-state index contributed by atoms with van der Waals surface area (Å²) in [5.41, 5.74) is 0.190.